The molecule has 2 aromatic carbocycles. The highest BCUT2D eigenvalue weighted by Crippen LogP contribution is 2.29. The van der Waals surface area contributed by atoms with Crippen molar-refractivity contribution in [3.05, 3.63) is 65.7 Å². The second kappa shape index (κ2) is 7.83. The number of carbonyl (C=O) groups excluding carboxylic acids is 1. The number of benzene rings is 2. The molecule has 1 aromatic heterocycles. The van der Waals surface area contributed by atoms with E-state index in [1.54, 1.807) is 12.1 Å². The maximum absolute atomic E-state index is 13.0. The van der Waals surface area contributed by atoms with Crippen LogP contribution in [0.25, 0.3) is 10.9 Å². The maximum Gasteiger partial charge on any atom is 0.233 e. The van der Waals surface area contributed by atoms with E-state index in [0.717, 1.165) is 21.5 Å². The van der Waals surface area contributed by atoms with Crippen molar-refractivity contribution < 1.29 is 9.18 Å². The van der Waals surface area contributed by atoms with E-state index >= 15 is 0 Å². The molecular formula is C20H20FN3OS. The molecule has 1 amide bonds. The largest absolute Gasteiger partial charge is 0.349 e. The van der Waals surface area contributed by atoms with Crippen LogP contribution < -0.4 is 5.32 Å². The molecule has 0 aliphatic rings. The third-order valence-electron chi connectivity index (χ3n) is 4.07. The van der Waals surface area contributed by atoms with Gasteiger partial charge in [0.05, 0.1) is 16.8 Å². The molecule has 1 N–H and O–H groups in total. The summed E-state index contributed by atoms with van der Waals surface area (Å²) in [6.45, 7) is 5.58. The Bertz CT molecular complexity index is 930. The topological polar surface area (TPSA) is 54.9 Å². The van der Waals surface area contributed by atoms with Gasteiger partial charge in [-0.25, -0.2) is 14.4 Å². The van der Waals surface area contributed by atoms with E-state index < -0.39 is 0 Å². The van der Waals surface area contributed by atoms with Crippen LogP contribution in [0.2, 0.25) is 0 Å². The summed E-state index contributed by atoms with van der Waals surface area (Å²) in [6.07, 6.45) is 0. The van der Waals surface area contributed by atoms with Crippen LogP contribution in [0.15, 0.2) is 53.6 Å². The second-order valence-electron chi connectivity index (χ2n) is 6.14. The Morgan fingerprint density at radius 2 is 1.77 bits per heavy atom. The van der Waals surface area contributed by atoms with Crippen molar-refractivity contribution in [3.63, 3.8) is 0 Å². The standard InChI is InChI=1S/C20H20FN3OS/c1-12(15-8-10-16(21)11-9-15)22-19(25)13(2)26-20-17-6-4-5-7-18(17)23-14(3)24-20/h4-13H,1-3H3,(H,22,25)/t12-,13-/m0/s1. The van der Waals surface area contributed by atoms with Gasteiger partial charge in [-0.1, -0.05) is 42.1 Å². The molecule has 0 fully saturated rings. The summed E-state index contributed by atoms with van der Waals surface area (Å²) in [4.78, 5) is 21.5. The number of halogens is 1. The molecule has 3 rings (SSSR count). The molecule has 134 valence electrons. The molecule has 0 unspecified atom stereocenters. The van der Waals surface area contributed by atoms with E-state index in [4.69, 9.17) is 0 Å². The lowest BCUT2D eigenvalue weighted by molar-refractivity contribution is -0.120. The van der Waals surface area contributed by atoms with Crippen molar-refractivity contribution in [2.45, 2.75) is 37.1 Å². The van der Waals surface area contributed by atoms with E-state index in [9.17, 15) is 9.18 Å². The summed E-state index contributed by atoms with van der Waals surface area (Å²) in [6, 6.07) is 13.7. The number of nitrogens with one attached hydrogen (secondary N) is 1. The van der Waals surface area contributed by atoms with Gasteiger partial charge < -0.3 is 5.32 Å². The fourth-order valence-electron chi connectivity index (χ4n) is 2.63. The van der Waals surface area contributed by atoms with Gasteiger partial charge in [-0.05, 0) is 44.5 Å². The minimum absolute atomic E-state index is 0.0906. The molecule has 3 aromatic rings. The zero-order valence-corrected chi connectivity index (χ0v) is 15.7. The highest BCUT2D eigenvalue weighted by atomic mass is 32.2. The van der Waals surface area contributed by atoms with Gasteiger partial charge in [0.25, 0.3) is 0 Å². The molecule has 0 saturated heterocycles. The molecule has 0 radical (unpaired) electrons. The fourth-order valence-corrected chi connectivity index (χ4v) is 3.63. The van der Waals surface area contributed by atoms with Crippen LogP contribution in [-0.4, -0.2) is 21.1 Å². The first kappa shape index (κ1) is 18.3. The molecule has 0 saturated carbocycles. The van der Waals surface area contributed by atoms with Crippen molar-refractivity contribution in [3.8, 4) is 0 Å². The Labute approximate surface area is 156 Å². The molecule has 1 heterocycles. The highest BCUT2D eigenvalue weighted by molar-refractivity contribution is 8.00. The number of thioether (sulfide) groups is 1. The molecule has 26 heavy (non-hydrogen) atoms. The third-order valence-corrected chi connectivity index (χ3v) is 5.17. The van der Waals surface area contributed by atoms with Gasteiger partial charge in [0.2, 0.25) is 5.91 Å². The highest BCUT2D eigenvalue weighted by Gasteiger charge is 2.19. The molecule has 6 heteroatoms. The van der Waals surface area contributed by atoms with E-state index in [2.05, 4.69) is 15.3 Å². The van der Waals surface area contributed by atoms with Crippen LogP contribution in [0.3, 0.4) is 0 Å². The van der Waals surface area contributed by atoms with Crippen molar-refractivity contribution in [2.24, 2.45) is 0 Å². The van der Waals surface area contributed by atoms with Gasteiger partial charge >= 0.3 is 0 Å². The summed E-state index contributed by atoms with van der Waals surface area (Å²) >= 11 is 1.41. The maximum atomic E-state index is 13.0. The predicted molar refractivity (Wildman–Crippen MR) is 103 cm³/mol. The minimum atomic E-state index is -0.324. The zero-order chi connectivity index (χ0) is 18.7. The molecule has 4 nitrogen and oxygen atoms in total. The average molecular weight is 369 g/mol. The van der Waals surface area contributed by atoms with Crippen LogP contribution in [-0.2, 0) is 4.79 Å². The van der Waals surface area contributed by atoms with Crippen LogP contribution in [0.5, 0.6) is 0 Å². The molecule has 0 aliphatic carbocycles. The minimum Gasteiger partial charge on any atom is -0.349 e. The number of hydrogen-bond donors (Lipinski definition) is 1. The summed E-state index contributed by atoms with van der Waals surface area (Å²) in [5.74, 6) is 0.299. The van der Waals surface area contributed by atoms with Crippen molar-refractivity contribution in [1.82, 2.24) is 15.3 Å². The number of carbonyl (C=O) groups is 1. The van der Waals surface area contributed by atoms with Gasteiger partial charge in [0, 0.05) is 5.39 Å². The van der Waals surface area contributed by atoms with Gasteiger partial charge in [-0.15, -0.1) is 0 Å². The average Bonchev–Trinajstić information content (AvgIpc) is 2.62. The van der Waals surface area contributed by atoms with Crippen LogP contribution in [0.1, 0.15) is 31.3 Å². The lowest BCUT2D eigenvalue weighted by Gasteiger charge is -2.18. The smallest absolute Gasteiger partial charge is 0.233 e. The number of amides is 1. The van der Waals surface area contributed by atoms with Crippen LogP contribution >= 0.6 is 11.8 Å². The third kappa shape index (κ3) is 4.19. The Hall–Kier alpha value is -2.47. The summed E-state index contributed by atoms with van der Waals surface area (Å²) in [5.41, 5.74) is 1.73. The SMILES string of the molecule is Cc1nc(S[C@@H](C)C(=O)N[C@@H](C)c2ccc(F)cc2)c2ccccc2n1. The molecule has 0 spiro atoms. The second-order valence-corrected chi connectivity index (χ2v) is 7.46. The van der Waals surface area contributed by atoms with Gasteiger partial charge in [0.1, 0.15) is 16.7 Å². The lowest BCUT2D eigenvalue weighted by atomic mass is 10.1. The van der Waals surface area contributed by atoms with E-state index in [1.165, 1.54) is 23.9 Å². The summed E-state index contributed by atoms with van der Waals surface area (Å²) in [7, 11) is 0. The number of para-hydroxylation sites is 1. The number of fused-ring (bicyclic) bond motifs is 1. The lowest BCUT2D eigenvalue weighted by Crippen LogP contribution is -2.33. The van der Waals surface area contributed by atoms with E-state index in [1.807, 2.05) is 45.0 Å². The first-order valence-corrected chi connectivity index (χ1v) is 9.28. The van der Waals surface area contributed by atoms with Crippen molar-refractivity contribution in [1.29, 1.82) is 0 Å². The number of hydrogen-bond acceptors (Lipinski definition) is 4. The van der Waals surface area contributed by atoms with E-state index in [0.29, 0.717) is 5.82 Å². The van der Waals surface area contributed by atoms with Gasteiger partial charge in [-0.2, -0.15) is 0 Å². The number of rotatable bonds is 5. The monoisotopic (exact) mass is 369 g/mol. The zero-order valence-electron chi connectivity index (χ0n) is 14.9. The van der Waals surface area contributed by atoms with Crippen molar-refractivity contribution >= 4 is 28.6 Å². The normalized spacial score (nSPS) is 13.4. The Morgan fingerprint density at radius 1 is 1.08 bits per heavy atom. The molecule has 2 atom stereocenters. The van der Waals surface area contributed by atoms with Crippen molar-refractivity contribution in [2.75, 3.05) is 0 Å². The Balaban J connectivity index is 1.72. The fraction of sp³-hybridized carbons (Fsp3) is 0.250. The Kier molecular flexibility index (Phi) is 5.52. The van der Waals surface area contributed by atoms with Gasteiger partial charge in [0.15, 0.2) is 0 Å². The number of nitrogens with zero attached hydrogens (tertiary/aromatic N) is 2. The Morgan fingerprint density at radius 3 is 2.50 bits per heavy atom. The molecule has 0 aliphatic heterocycles. The molecule has 0 bridgehead atoms. The predicted octanol–water partition coefficient (Wildman–Crippen LogP) is 4.44. The van der Waals surface area contributed by atoms with Crippen LogP contribution in [0.4, 0.5) is 4.39 Å². The van der Waals surface area contributed by atoms with Gasteiger partial charge in [-0.3, -0.25) is 4.79 Å². The first-order valence-electron chi connectivity index (χ1n) is 8.40. The number of aromatic nitrogens is 2. The summed E-state index contributed by atoms with van der Waals surface area (Å²) in [5, 5.41) is 4.38. The quantitative estimate of drug-likeness (QED) is 0.534. The van der Waals surface area contributed by atoms with E-state index in [-0.39, 0.29) is 23.0 Å². The van der Waals surface area contributed by atoms with Crippen LogP contribution in [0, 0.1) is 12.7 Å². The molecular weight excluding hydrogens is 349 g/mol. The number of aryl methyl sites for hydroxylation is 1. The summed E-state index contributed by atoms with van der Waals surface area (Å²) < 4.78 is 13.0. The first-order chi connectivity index (χ1) is 12.4.